The predicted octanol–water partition coefficient (Wildman–Crippen LogP) is 4.73. The molecule has 8 heteroatoms. The smallest absolute Gasteiger partial charge is 0.326 e. The summed E-state index contributed by atoms with van der Waals surface area (Å²) in [5.41, 5.74) is 5.31. The van der Waals surface area contributed by atoms with E-state index in [-0.39, 0.29) is 11.9 Å². The van der Waals surface area contributed by atoms with Gasteiger partial charge >= 0.3 is 6.03 Å². The Bertz CT molecular complexity index is 1030. The van der Waals surface area contributed by atoms with Crippen LogP contribution in [0.15, 0.2) is 54.7 Å². The Labute approximate surface area is 188 Å². The molecule has 2 aromatic carbocycles. The molecule has 0 aliphatic heterocycles. The van der Waals surface area contributed by atoms with Gasteiger partial charge in [0.2, 0.25) is 5.91 Å². The molecule has 0 fully saturated rings. The third-order valence-corrected chi connectivity index (χ3v) is 5.39. The average molecular weight is 438 g/mol. The van der Waals surface area contributed by atoms with Crippen LogP contribution in [-0.2, 0) is 4.79 Å². The first-order valence-corrected chi connectivity index (χ1v) is 10.8. The molecule has 0 atom stereocenters. The quantitative estimate of drug-likeness (QED) is 0.209. The summed E-state index contributed by atoms with van der Waals surface area (Å²) in [4.78, 5) is 31.2. The Morgan fingerprint density at radius 2 is 1.66 bits per heavy atom. The van der Waals surface area contributed by atoms with Gasteiger partial charge in [-0.05, 0) is 61.4 Å². The number of unbranched alkanes of at least 4 members (excludes halogenated alkanes) is 3. The minimum absolute atomic E-state index is 0.183. The fourth-order valence-corrected chi connectivity index (χ4v) is 3.56. The first-order chi connectivity index (χ1) is 15.5. The number of urea groups is 1. The number of nitrogens with zero attached hydrogens (tertiary/aromatic N) is 2. The molecule has 1 heterocycles. The van der Waals surface area contributed by atoms with E-state index in [4.69, 9.17) is 5.21 Å². The van der Waals surface area contributed by atoms with Crippen molar-refractivity contribution in [3.63, 3.8) is 0 Å². The van der Waals surface area contributed by atoms with Crippen LogP contribution in [0.4, 0.5) is 21.9 Å². The van der Waals surface area contributed by atoms with Gasteiger partial charge in [-0.25, -0.2) is 10.3 Å². The maximum absolute atomic E-state index is 13.2. The number of hydrogen-bond donors (Lipinski definition) is 4. The van der Waals surface area contributed by atoms with Crippen molar-refractivity contribution in [3.8, 4) is 0 Å². The van der Waals surface area contributed by atoms with Crippen molar-refractivity contribution < 1.29 is 14.8 Å². The van der Waals surface area contributed by atoms with Crippen LogP contribution in [0.5, 0.6) is 0 Å². The maximum atomic E-state index is 13.2. The largest absolute Gasteiger partial charge is 0.378 e. The lowest BCUT2D eigenvalue weighted by molar-refractivity contribution is -0.129. The van der Waals surface area contributed by atoms with E-state index < -0.39 is 0 Å². The number of hydroxylamine groups is 1. The molecular weight excluding hydrogens is 406 g/mol. The predicted molar refractivity (Wildman–Crippen MR) is 128 cm³/mol. The molecule has 8 nitrogen and oxygen atoms in total. The number of nitrogens with one attached hydrogen (secondary N) is 3. The Kier molecular flexibility index (Phi) is 8.10. The molecule has 0 saturated carbocycles. The topological polar surface area (TPSA) is 101 Å². The molecule has 32 heavy (non-hydrogen) atoms. The minimum atomic E-state index is -0.369. The number of fused-ring (bicyclic) bond motifs is 1. The number of H-pyrrole nitrogens is 1. The molecule has 3 amide bonds. The normalized spacial score (nSPS) is 10.7. The number of carbonyl (C=O) groups is 2. The van der Waals surface area contributed by atoms with Crippen LogP contribution in [0.25, 0.3) is 10.9 Å². The molecule has 0 spiro atoms. The number of aromatic nitrogens is 1. The van der Waals surface area contributed by atoms with Gasteiger partial charge in [-0.3, -0.25) is 14.9 Å². The van der Waals surface area contributed by atoms with Gasteiger partial charge in [0, 0.05) is 61.2 Å². The molecule has 1 aromatic heterocycles. The molecule has 0 radical (unpaired) electrons. The van der Waals surface area contributed by atoms with Crippen LogP contribution in [0.1, 0.15) is 32.1 Å². The van der Waals surface area contributed by atoms with Crippen molar-refractivity contribution in [1.29, 1.82) is 0 Å². The number of carbonyl (C=O) groups excluding carboxylic acids is 2. The van der Waals surface area contributed by atoms with E-state index in [0.29, 0.717) is 19.4 Å². The van der Waals surface area contributed by atoms with E-state index in [2.05, 4.69) is 10.3 Å². The van der Waals surface area contributed by atoms with Gasteiger partial charge in [-0.1, -0.05) is 12.8 Å². The second-order valence-electron chi connectivity index (χ2n) is 7.97. The number of amides is 3. The standard InChI is InChI=1S/C24H31N5O3/c1-28(2)20-10-8-19(9-11-20)26-24(31)29(16-6-4-3-5-7-23(30)27-32)21-12-13-22-18(17-21)14-15-25-22/h8-15,17,25,32H,3-7,16H2,1-2H3,(H,26,31)(H,27,30). The zero-order valence-electron chi connectivity index (χ0n) is 18.6. The van der Waals surface area contributed by atoms with Gasteiger partial charge in [0.15, 0.2) is 0 Å². The zero-order valence-corrected chi connectivity index (χ0v) is 18.6. The third kappa shape index (κ3) is 6.24. The number of benzene rings is 2. The van der Waals surface area contributed by atoms with Gasteiger partial charge < -0.3 is 15.2 Å². The van der Waals surface area contributed by atoms with Crippen LogP contribution in [-0.4, -0.2) is 42.8 Å². The third-order valence-electron chi connectivity index (χ3n) is 5.39. The highest BCUT2D eigenvalue weighted by atomic mass is 16.5. The number of anilines is 3. The first-order valence-electron chi connectivity index (χ1n) is 10.8. The zero-order chi connectivity index (χ0) is 22.9. The van der Waals surface area contributed by atoms with Crippen LogP contribution >= 0.6 is 0 Å². The highest BCUT2D eigenvalue weighted by Gasteiger charge is 2.16. The van der Waals surface area contributed by atoms with Crippen LogP contribution in [0, 0.1) is 0 Å². The SMILES string of the molecule is CN(C)c1ccc(NC(=O)N(CCCCCCC(=O)NO)c2ccc3[nH]ccc3c2)cc1. The summed E-state index contributed by atoms with van der Waals surface area (Å²) < 4.78 is 0. The molecule has 4 N–H and O–H groups in total. The van der Waals surface area contributed by atoms with Gasteiger partial charge in [0.05, 0.1) is 0 Å². The molecule has 3 aromatic rings. The summed E-state index contributed by atoms with van der Waals surface area (Å²) in [5.74, 6) is -0.369. The van der Waals surface area contributed by atoms with E-state index in [1.165, 1.54) is 0 Å². The molecule has 0 aliphatic carbocycles. The first kappa shape index (κ1) is 23.1. The fraction of sp³-hybridized carbons (Fsp3) is 0.333. The monoisotopic (exact) mass is 437 g/mol. The van der Waals surface area contributed by atoms with Crippen molar-refractivity contribution >= 4 is 39.9 Å². The fourth-order valence-electron chi connectivity index (χ4n) is 3.56. The maximum Gasteiger partial charge on any atom is 0.326 e. The lowest BCUT2D eigenvalue weighted by Gasteiger charge is -2.24. The Balaban J connectivity index is 1.66. The van der Waals surface area contributed by atoms with E-state index in [9.17, 15) is 9.59 Å². The minimum Gasteiger partial charge on any atom is -0.378 e. The van der Waals surface area contributed by atoms with Crippen molar-refractivity contribution in [2.24, 2.45) is 0 Å². The van der Waals surface area contributed by atoms with Gasteiger partial charge in [-0.2, -0.15) is 0 Å². The van der Waals surface area contributed by atoms with Crippen LogP contribution in [0.3, 0.4) is 0 Å². The average Bonchev–Trinajstić information content (AvgIpc) is 3.26. The molecule has 0 unspecified atom stereocenters. The number of rotatable bonds is 10. The molecule has 3 rings (SSSR count). The van der Waals surface area contributed by atoms with E-state index in [1.54, 1.807) is 10.4 Å². The second kappa shape index (κ2) is 11.2. The summed E-state index contributed by atoms with van der Waals surface area (Å²) in [7, 11) is 3.95. The molecule has 0 saturated heterocycles. The van der Waals surface area contributed by atoms with Crippen molar-refractivity contribution in [2.45, 2.75) is 32.1 Å². The van der Waals surface area contributed by atoms with E-state index >= 15 is 0 Å². The summed E-state index contributed by atoms with van der Waals surface area (Å²) in [6.07, 6.45) is 5.42. The van der Waals surface area contributed by atoms with E-state index in [1.807, 2.05) is 73.7 Å². The summed E-state index contributed by atoms with van der Waals surface area (Å²) in [6, 6.07) is 15.5. The van der Waals surface area contributed by atoms with Crippen molar-refractivity contribution in [1.82, 2.24) is 10.5 Å². The summed E-state index contributed by atoms with van der Waals surface area (Å²) >= 11 is 0. The lowest BCUT2D eigenvalue weighted by Crippen LogP contribution is -2.35. The van der Waals surface area contributed by atoms with Crippen molar-refractivity contribution in [2.75, 3.05) is 35.8 Å². The van der Waals surface area contributed by atoms with Gasteiger partial charge in [-0.15, -0.1) is 0 Å². The van der Waals surface area contributed by atoms with Crippen LogP contribution in [0.2, 0.25) is 0 Å². The van der Waals surface area contributed by atoms with Crippen molar-refractivity contribution in [3.05, 3.63) is 54.7 Å². The highest BCUT2D eigenvalue weighted by Crippen LogP contribution is 2.24. The van der Waals surface area contributed by atoms with E-state index in [0.717, 1.165) is 47.2 Å². The Hall–Kier alpha value is -3.52. The summed E-state index contributed by atoms with van der Waals surface area (Å²) in [5, 5.41) is 12.6. The van der Waals surface area contributed by atoms with Gasteiger partial charge in [0.25, 0.3) is 0 Å². The molecule has 170 valence electrons. The highest BCUT2D eigenvalue weighted by molar-refractivity contribution is 6.03. The van der Waals surface area contributed by atoms with Gasteiger partial charge in [0.1, 0.15) is 0 Å². The number of aromatic amines is 1. The molecule has 0 aliphatic rings. The molecule has 0 bridgehead atoms. The Morgan fingerprint density at radius 3 is 2.38 bits per heavy atom. The second-order valence-corrected chi connectivity index (χ2v) is 7.97. The summed E-state index contributed by atoms with van der Waals surface area (Å²) in [6.45, 7) is 0.559. The molecular formula is C24H31N5O3. The lowest BCUT2D eigenvalue weighted by atomic mass is 10.1. The Morgan fingerprint density at radius 1 is 0.938 bits per heavy atom. The van der Waals surface area contributed by atoms with Crippen LogP contribution < -0.4 is 20.6 Å². The number of hydrogen-bond acceptors (Lipinski definition) is 4.